The van der Waals surface area contributed by atoms with Crippen molar-refractivity contribution in [3.05, 3.63) is 71.8 Å². The zero-order chi connectivity index (χ0) is 16.9. The van der Waals surface area contributed by atoms with Gasteiger partial charge in [-0.2, -0.15) is 0 Å². The van der Waals surface area contributed by atoms with E-state index in [0.717, 1.165) is 11.1 Å². The van der Waals surface area contributed by atoms with Crippen LogP contribution in [0.1, 0.15) is 18.1 Å². The van der Waals surface area contributed by atoms with E-state index in [2.05, 4.69) is 0 Å². The Kier molecular flexibility index (Phi) is 4.94. The van der Waals surface area contributed by atoms with Gasteiger partial charge >= 0.3 is 0 Å². The van der Waals surface area contributed by atoms with Crippen LogP contribution in [0.4, 0.5) is 0 Å². The van der Waals surface area contributed by atoms with Crippen molar-refractivity contribution in [2.75, 3.05) is 13.1 Å². The van der Waals surface area contributed by atoms with Crippen molar-refractivity contribution in [3.8, 4) is 0 Å². The summed E-state index contributed by atoms with van der Waals surface area (Å²) < 4.78 is 0. The number of benzene rings is 2. The molecule has 24 heavy (non-hydrogen) atoms. The minimum Gasteiger partial charge on any atom is -0.335 e. The maximum atomic E-state index is 13.0. The Morgan fingerprint density at radius 2 is 1.54 bits per heavy atom. The third-order valence-corrected chi connectivity index (χ3v) is 4.48. The van der Waals surface area contributed by atoms with Crippen LogP contribution in [0.5, 0.6) is 0 Å². The quantitative estimate of drug-likeness (QED) is 0.868. The first-order valence-corrected chi connectivity index (χ1v) is 8.29. The van der Waals surface area contributed by atoms with Crippen molar-refractivity contribution in [3.63, 3.8) is 0 Å². The van der Waals surface area contributed by atoms with Gasteiger partial charge in [0, 0.05) is 33.0 Å². The van der Waals surface area contributed by atoms with Gasteiger partial charge in [0.05, 0.1) is 0 Å². The molecule has 4 heteroatoms. The smallest absolute Gasteiger partial charge is 0.246 e. The fraction of sp³-hybridized carbons (Fsp3) is 0.300. The predicted octanol–water partition coefficient (Wildman–Crippen LogP) is 2.49. The molecule has 2 aromatic rings. The summed E-state index contributed by atoms with van der Waals surface area (Å²) in [5.74, 6) is -0.00667. The molecule has 0 spiro atoms. The first kappa shape index (κ1) is 16.2. The number of amides is 2. The van der Waals surface area contributed by atoms with Gasteiger partial charge in [0.15, 0.2) is 0 Å². The SMILES string of the molecule is CC(=O)N1CCN(Cc2ccccc2)C(=O)[C@H]1Cc1ccccc1. The van der Waals surface area contributed by atoms with Crippen LogP contribution in [-0.2, 0) is 22.6 Å². The molecule has 0 aromatic heterocycles. The summed E-state index contributed by atoms with van der Waals surface area (Å²) in [5.41, 5.74) is 2.18. The van der Waals surface area contributed by atoms with Crippen LogP contribution in [-0.4, -0.2) is 40.7 Å². The van der Waals surface area contributed by atoms with Gasteiger partial charge in [0.2, 0.25) is 11.8 Å². The highest BCUT2D eigenvalue weighted by Crippen LogP contribution is 2.18. The van der Waals surface area contributed by atoms with Crippen LogP contribution in [0.2, 0.25) is 0 Å². The van der Waals surface area contributed by atoms with E-state index in [4.69, 9.17) is 0 Å². The molecule has 0 radical (unpaired) electrons. The topological polar surface area (TPSA) is 40.6 Å². The Hall–Kier alpha value is -2.62. The van der Waals surface area contributed by atoms with Gasteiger partial charge in [0.1, 0.15) is 6.04 Å². The van der Waals surface area contributed by atoms with Crippen molar-refractivity contribution in [1.82, 2.24) is 9.80 Å². The Bertz CT molecular complexity index is 700. The molecule has 2 amide bonds. The molecule has 0 bridgehead atoms. The molecule has 1 aliphatic rings. The molecule has 0 N–H and O–H groups in total. The fourth-order valence-corrected chi connectivity index (χ4v) is 3.21. The van der Waals surface area contributed by atoms with E-state index in [1.54, 1.807) is 4.90 Å². The molecule has 2 aromatic carbocycles. The average Bonchev–Trinajstić information content (AvgIpc) is 2.60. The number of carbonyl (C=O) groups is 2. The highest BCUT2D eigenvalue weighted by atomic mass is 16.2. The first-order chi connectivity index (χ1) is 11.6. The summed E-state index contributed by atoms with van der Waals surface area (Å²) >= 11 is 0. The van der Waals surface area contributed by atoms with Crippen molar-refractivity contribution >= 4 is 11.8 Å². The Balaban J connectivity index is 1.78. The lowest BCUT2D eigenvalue weighted by Gasteiger charge is -2.40. The summed E-state index contributed by atoms with van der Waals surface area (Å²) in [6.07, 6.45) is 0.560. The standard InChI is InChI=1S/C20H22N2O2/c1-16(23)22-13-12-21(15-18-10-6-3-7-11-18)20(24)19(22)14-17-8-4-2-5-9-17/h2-11,19H,12-15H2,1H3/t19-/m1/s1. The van der Waals surface area contributed by atoms with Crippen molar-refractivity contribution < 1.29 is 9.59 Å². The molecule has 1 fully saturated rings. The van der Waals surface area contributed by atoms with E-state index in [1.165, 1.54) is 6.92 Å². The molecule has 4 nitrogen and oxygen atoms in total. The molecule has 0 unspecified atom stereocenters. The molecule has 124 valence electrons. The molecule has 0 aliphatic carbocycles. The monoisotopic (exact) mass is 322 g/mol. The minimum absolute atomic E-state index is 0.0316. The summed E-state index contributed by atoms with van der Waals surface area (Å²) in [6, 6.07) is 19.4. The van der Waals surface area contributed by atoms with Gasteiger partial charge in [-0.15, -0.1) is 0 Å². The van der Waals surface area contributed by atoms with Crippen LogP contribution >= 0.6 is 0 Å². The van der Waals surface area contributed by atoms with E-state index in [9.17, 15) is 9.59 Å². The van der Waals surface area contributed by atoms with E-state index in [-0.39, 0.29) is 11.8 Å². The molecule has 1 heterocycles. The van der Waals surface area contributed by atoms with Crippen molar-refractivity contribution in [2.24, 2.45) is 0 Å². The van der Waals surface area contributed by atoms with Gasteiger partial charge in [0.25, 0.3) is 0 Å². The third kappa shape index (κ3) is 3.65. The predicted molar refractivity (Wildman–Crippen MR) is 93.2 cm³/mol. The van der Waals surface area contributed by atoms with E-state index in [1.807, 2.05) is 65.6 Å². The summed E-state index contributed by atoms with van der Waals surface area (Å²) in [6.45, 7) is 3.30. The second-order valence-electron chi connectivity index (χ2n) is 6.16. The normalized spacial score (nSPS) is 17.9. The summed E-state index contributed by atoms with van der Waals surface area (Å²) in [4.78, 5) is 28.5. The van der Waals surface area contributed by atoms with Crippen molar-refractivity contribution in [2.45, 2.75) is 25.9 Å². The lowest BCUT2D eigenvalue weighted by molar-refractivity contribution is -0.150. The largest absolute Gasteiger partial charge is 0.335 e. The Morgan fingerprint density at radius 3 is 2.12 bits per heavy atom. The number of nitrogens with zero attached hydrogens (tertiary/aromatic N) is 2. The molecule has 1 saturated heterocycles. The van der Waals surface area contributed by atoms with Gasteiger partial charge in [-0.05, 0) is 11.1 Å². The first-order valence-electron chi connectivity index (χ1n) is 8.29. The van der Waals surface area contributed by atoms with Crippen LogP contribution in [0.3, 0.4) is 0 Å². The van der Waals surface area contributed by atoms with Crippen LogP contribution in [0.15, 0.2) is 60.7 Å². The number of piperazine rings is 1. The average molecular weight is 322 g/mol. The second-order valence-corrected chi connectivity index (χ2v) is 6.16. The lowest BCUT2D eigenvalue weighted by Crippen LogP contribution is -2.58. The molecule has 1 aliphatic heterocycles. The van der Waals surface area contributed by atoms with Gasteiger partial charge in [-0.1, -0.05) is 60.7 Å². The maximum Gasteiger partial charge on any atom is 0.246 e. The summed E-state index contributed by atoms with van der Waals surface area (Å²) in [5, 5.41) is 0. The van der Waals surface area contributed by atoms with E-state index in [0.29, 0.717) is 26.1 Å². The van der Waals surface area contributed by atoms with E-state index < -0.39 is 6.04 Å². The van der Waals surface area contributed by atoms with Crippen LogP contribution < -0.4 is 0 Å². The fourth-order valence-electron chi connectivity index (χ4n) is 3.21. The molecular weight excluding hydrogens is 300 g/mol. The molecular formula is C20H22N2O2. The lowest BCUT2D eigenvalue weighted by atomic mass is 10.0. The third-order valence-electron chi connectivity index (χ3n) is 4.48. The molecule has 0 saturated carbocycles. The zero-order valence-corrected chi connectivity index (χ0v) is 13.9. The van der Waals surface area contributed by atoms with Crippen LogP contribution in [0, 0.1) is 0 Å². The van der Waals surface area contributed by atoms with Gasteiger partial charge in [-0.3, -0.25) is 9.59 Å². The zero-order valence-electron chi connectivity index (χ0n) is 13.9. The molecule has 3 rings (SSSR count). The van der Waals surface area contributed by atoms with E-state index >= 15 is 0 Å². The summed E-state index contributed by atoms with van der Waals surface area (Å²) in [7, 11) is 0. The number of hydrogen-bond donors (Lipinski definition) is 0. The Morgan fingerprint density at radius 1 is 0.958 bits per heavy atom. The maximum absolute atomic E-state index is 13.0. The number of carbonyl (C=O) groups excluding carboxylic acids is 2. The number of hydrogen-bond acceptors (Lipinski definition) is 2. The Labute approximate surface area is 142 Å². The highest BCUT2D eigenvalue weighted by Gasteiger charge is 2.35. The second kappa shape index (κ2) is 7.30. The van der Waals surface area contributed by atoms with Gasteiger partial charge in [-0.25, -0.2) is 0 Å². The van der Waals surface area contributed by atoms with Crippen molar-refractivity contribution in [1.29, 1.82) is 0 Å². The number of rotatable bonds is 4. The highest BCUT2D eigenvalue weighted by molar-refractivity contribution is 5.88. The van der Waals surface area contributed by atoms with Crippen LogP contribution in [0.25, 0.3) is 0 Å². The minimum atomic E-state index is -0.414. The van der Waals surface area contributed by atoms with Gasteiger partial charge < -0.3 is 9.80 Å². The molecule has 1 atom stereocenters.